The van der Waals surface area contributed by atoms with Gasteiger partial charge in [-0.2, -0.15) is 0 Å². The summed E-state index contributed by atoms with van der Waals surface area (Å²) < 4.78 is 22.6. The van der Waals surface area contributed by atoms with Crippen LogP contribution in [-0.2, 0) is 23.7 Å². The minimum Gasteiger partial charge on any atom is -0.394 e. The molecule has 2 heterocycles. The summed E-state index contributed by atoms with van der Waals surface area (Å²) in [6.45, 7) is 2.57. The molecule has 0 spiro atoms. The van der Waals surface area contributed by atoms with Gasteiger partial charge in [-0.1, -0.05) is 170 Å². The molecule has 2 rings (SSSR count). The molecule has 2 fully saturated rings. The molecule has 0 bridgehead atoms. The summed E-state index contributed by atoms with van der Waals surface area (Å²) in [6.07, 6.45) is 36.8. The molecule has 14 heteroatoms. The lowest BCUT2D eigenvalue weighted by molar-refractivity contribution is -0.359. The Balaban J connectivity index is 1.60. The normalized spacial score (nSPS) is 26.9. The van der Waals surface area contributed by atoms with E-state index in [0.717, 1.165) is 96.3 Å². The number of hydrogen-bond donors (Lipinski definition) is 9. The molecule has 0 aromatic rings. The highest BCUT2D eigenvalue weighted by molar-refractivity contribution is 5.76. The quantitative estimate of drug-likeness (QED) is 0.0217. The first-order valence-electron chi connectivity index (χ1n) is 26.3. The molecule has 69 heavy (non-hydrogen) atoms. The van der Waals surface area contributed by atoms with Gasteiger partial charge in [0.1, 0.15) is 48.8 Å². The molecule has 14 nitrogen and oxygen atoms in total. The van der Waals surface area contributed by atoms with Crippen molar-refractivity contribution in [1.29, 1.82) is 0 Å². The van der Waals surface area contributed by atoms with E-state index in [1.807, 2.05) is 0 Å². The van der Waals surface area contributed by atoms with Crippen molar-refractivity contribution >= 4 is 5.91 Å². The third kappa shape index (κ3) is 27.5. The summed E-state index contributed by atoms with van der Waals surface area (Å²) in [5.74, 6) is -0.228. The summed E-state index contributed by atoms with van der Waals surface area (Å²) in [5.41, 5.74) is 0. The number of ether oxygens (including phenoxy) is 4. The SMILES string of the molecule is CC/C=C\C/C=C\C/C=C\C/C=C\C/C=C\C/C=C\C/C=C\CCCCCCCCCCCC(=O)NC(COC1OC(CO)C(OC2OC(CO)C(O)C(O)C2O)C(O)C1O)C(O)CCCCCC. The Bertz CT molecular complexity index is 1480. The van der Waals surface area contributed by atoms with Crippen molar-refractivity contribution < 1.29 is 64.6 Å². The first kappa shape index (κ1) is 62.3. The van der Waals surface area contributed by atoms with Gasteiger partial charge in [0, 0.05) is 6.42 Å². The number of aliphatic hydroxyl groups excluding tert-OH is 8. The van der Waals surface area contributed by atoms with Crippen molar-refractivity contribution in [1.82, 2.24) is 5.32 Å². The fourth-order valence-corrected chi connectivity index (χ4v) is 8.10. The molecule has 0 aromatic heterocycles. The van der Waals surface area contributed by atoms with Gasteiger partial charge < -0.3 is 65.1 Å². The zero-order valence-electron chi connectivity index (χ0n) is 42.0. The zero-order valence-corrected chi connectivity index (χ0v) is 42.0. The van der Waals surface area contributed by atoms with Crippen LogP contribution >= 0.6 is 0 Å². The van der Waals surface area contributed by atoms with Crippen molar-refractivity contribution in [2.45, 2.75) is 235 Å². The van der Waals surface area contributed by atoms with Crippen LogP contribution in [0.3, 0.4) is 0 Å². The molecule has 2 aliphatic rings. The lowest BCUT2D eigenvalue weighted by atomic mass is 9.97. The largest absolute Gasteiger partial charge is 0.394 e. The third-order valence-electron chi connectivity index (χ3n) is 12.4. The summed E-state index contributed by atoms with van der Waals surface area (Å²) in [4.78, 5) is 13.1. The van der Waals surface area contributed by atoms with E-state index in [-0.39, 0.29) is 18.9 Å². The molecule has 12 atom stereocenters. The molecule has 12 unspecified atom stereocenters. The minimum absolute atomic E-state index is 0.228. The van der Waals surface area contributed by atoms with E-state index in [1.165, 1.54) is 32.1 Å². The van der Waals surface area contributed by atoms with Crippen LogP contribution < -0.4 is 5.32 Å². The maximum absolute atomic E-state index is 13.1. The summed E-state index contributed by atoms with van der Waals surface area (Å²) in [5, 5.41) is 86.2. The Morgan fingerprint density at radius 3 is 1.52 bits per heavy atom. The van der Waals surface area contributed by atoms with Gasteiger partial charge >= 0.3 is 0 Å². The predicted molar refractivity (Wildman–Crippen MR) is 272 cm³/mol. The van der Waals surface area contributed by atoms with E-state index < -0.39 is 86.8 Å². The second-order valence-electron chi connectivity index (χ2n) is 18.3. The van der Waals surface area contributed by atoms with E-state index in [4.69, 9.17) is 18.9 Å². The third-order valence-corrected chi connectivity index (χ3v) is 12.4. The summed E-state index contributed by atoms with van der Waals surface area (Å²) in [6, 6.07) is -0.833. The zero-order chi connectivity index (χ0) is 50.3. The average molecular weight is 976 g/mol. The highest BCUT2D eigenvalue weighted by Gasteiger charge is 2.51. The molecule has 396 valence electrons. The smallest absolute Gasteiger partial charge is 0.220 e. The Morgan fingerprint density at radius 1 is 0.536 bits per heavy atom. The van der Waals surface area contributed by atoms with Gasteiger partial charge in [0.15, 0.2) is 12.6 Å². The number of allylic oxidation sites excluding steroid dienone is 14. The second kappa shape index (κ2) is 40.7. The highest BCUT2D eigenvalue weighted by Crippen LogP contribution is 2.30. The van der Waals surface area contributed by atoms with E-state index in [2.05, 4.69) is 104 Å². The van der Waals surface area contributed by atoms with Crippen LogP contribution in [0.25, 0.3) is 0 Å². The van der Waals surface area contributed by atoms with Gasteiger partial charge in [-0.25, -0.2) is 0 Å². The summed E-state index contributed by atoms with van der Waals surface area (Å²) in [7, 11) is 0. The van der Waals surface area contributed by atoms with Gasteiger partial charge in [0.2, 0.25) is 5.91 Å². The molecule has 0 radical (unpaired) electrons. The number of carbonyl (C=O) groups is 1. The van der Waals surface area contributed by atoms with Crippen LogP contribution in [0.1, 0.15) is 162 Å². The highest BCUT2D eigenvalue weighted by atomic mass is 16.7. The number of carbonyl (C=O) groups excluding carboxylic acids is 1. The lowest BCUT2D eigenvalue weighted by Gasteiger charge is -2.46. The molecule has 2 saturated heterocycles. The molecule has 0 aliphatic carbocycles. The lowest BCUT2D eigenvalue weighted by Crippen LogP contribution is -2.65. The molecule has 9 N–H and O–H groups in total. The van der Waals surface area contributed by atoms with E-state index in [1.54, 1.807) is 0 Å². The van der Waals surface area contributed by atoms with Crippen LogP contribution in [0.4, 0.5) is 0 Å². The number of hydrogen-bond acceptors (Lipinski definition) is 13. The number of aliphatic hydroxyl groups is 8. The molecular weight excluding hydrogens is 883 g/mol. The van der Waals surface area contributed by atoms with Crippen LogP contribution in [0.2, 0.25) is 0 Å². The molecule has 0 saturated carbocycles. The monoisotopic (exact) mass is 976 g/mol. The van der Waals surface area contributed by atoms with Crippen LogP contribution in [0.15, 0.2) is 85.1 Å². The Labute approximate surface area is 414 Å². The minimum atomic E-state index is -1.78. The summed E-state index contributed by atoms with van der Waals surface area (Å²) >= 11 is 0. The molecular formula is C55H93NO13. The topological polar surface area (TPSA) is 228 Å². The number of rotatable bonds is 39. The van der Waals surface area contributed by atoms with Gasteiger partial charge in [-0.15, -0.1) is 0 Å². The first-order chi connectivity index (χ1) is 33.6. The van der Waals surface area contributed by atoms with Crippen molar-refractivity contribution in [3.63, 3.8) is 0 Å². The van der Waals surface area contributed by atoms with Crippen LogP contribution in [0.5, 0.6) is 0 Å². The molecule has 2 aliphatic heterocycles. The molecule has 1 amide bonds. The number of nitrogens with one attached hydrogen (secondary N) is 1. The van der Waals surface area contributed by atoms with E-state index in [9.17, 15) is 45.6 Å². The maximum atomic E-state index is 13.1. The van der Waals surface area contributed by atoms with Crippen molar-refractivity contribution in [3.8, 4) is 0 Å². The van der Waals surface area contributed by atoms with Crippen molar-refractivity contribution in [2.24, 2.45) is 0 Å². The van der Waals surface area contributed by atoms with Crippen LogP contribution in [0, 0.1) is 0 Å². The predicted octanol–water partition coefficient (Wildman–Crippen LogP) is 7.38. The van der Waals surface area contributed by atoms with Gasteiger partial charge in [0.25, 0.3) is 0 Å². The maximum Gasteiger partial charge on any atom is 0.220 e. The van der Waals surface area contributed by atoms with Crippen LogP contribution in [-0.4, -0.2) is 140 Å². The van der Waals surface area contributed by atoms with Gasteiger partial charge in [-0.3, -0.25) is 4.79 Å². The fourth-order valence-electron chi connectivity index (χ4n) is 8.10. The first-order valence-corrected chi connectivity index (χ1v) is 26.3. The Morgan fingerprint density at radius 2 is 1.00 bits per heavy atom. The van der Waals surface area contributed by atoms with Gasteiger partial charge in [-0.05, 0) is 70.6 Å². The van der Waals surface area contributed by atoms with E-state index >= 15 is 0 Å². The molecule has 0 aromatic carbocycles. The Hall–Kier alpha value is -2.83. The van der Waals surface area contributed by atoms with Crippen molar-refractivity contribution in [3.05, 3.63) is 85.1 Å². The number of amides is 1. The number of unbranched alkanes of at least 4 members (excludes halogenated alkanes) is 12. The Kier molecular flexibility index (Phi) is 36.8. The second-order valence-corrected chi connectivity index (χ2v) is 18.3. The van der Waals surface area contributed by atoms with E-state index in [0.29, 0.717) is 12.8 Å². The fraction of sp³-hybridized carbons (Fsp3) is 0.727. The standard InChI is InChI=1S/C55H93NO13/c1-3-5-7-9-10-11-12-13-14-15-16-17-18-19-20-21-22-23-24-25-26-27-28-29-30-31-32-33-34-35-37-39-47(60)56-43(44(59)38-36-8-6-4-2)42-66-54-52(65)50(63)53(46(41-58)68-54)69-55-51(64)49(62)48(61)45(40-57)67-55/h5,7,10-11,13-14,16-17,19-20,22-23,25-26,43-46,48-55,57-59,61-65H,3-4,6,8-9,12,15,18,21,24,27-42H2,1-2H3,(H,56,60)/b7-5-,11-10-,14-13-,17-16-,20-19-,23-22-,26-25-. The average Bonchev–Trinajstić information content (AvgIpc) is 3.35. The van der Waals surface area contributed by atoms with Crippen molar-refractivity contribution in [2.75, 3.05) is 19.8 Å². The van der Waals surface area contributed by atoms with Gasteiger partial charge in [0.05, 0.1) is 32.0 Å².